The number of ether oxygens (including phenoxy) is 1. The maximum atomic E-state index is 14.0. The van der Waals surface area contributed by atoms with Crippen LogP contribution < -0.4 is 9.64 Å². The van der Waals surface area contributed by atoms with Crippen LogP contribution in [0, 0.1) is 19.7 Å². The van der Waals surface area contributed by atoms with Crippen molar-refractivity contribution >= 4 is 11.6 Å². The third-order valence-corrected chi connectivity index (χ3v) is 5.44. The molecule has 3 aromatic rings. The zero-order valence-corrected chi connectivity index (χ0v) is 17.9. The van der Waals surface area contributed by atoms with Crippen molar-refractivity contribution in [3.05, 3.63) is 53.9 Å². The molecule has 0 bridgehead atoms. The van der Waals surface area contributed by atoms with Crippen LogP contribution in [-0.4, -0.2) is 63.8 Å². The highest BCUT2D eigenvalue weighted by Crippen LogP contribution is 2.32. The Hall–Kier alpha value is -3.49. The van der Waals surface area contributed by atoms with Gasteiger partial charge in [0.1, 0.15) is 12.4 Å². The van der Waals surface area contributed by atoms with Crippen molar-refractivity contribution in [2.24, 2.45) is 0 Å². The van der Waals surface area contributed by atoms with Crippen LogP contribution in [0.4, 0.5) is 10.1 Å². The number of aromatic nitrogens is 4. The van der Waals surface area contributed by atoms with E-state index in [-0.39, 0.29) is 24.3 Å². The van der Waals surface area contributed by atoms with Gasteiger partial charge in [-0.2, -0.15) is 5.10 Å². The Labute approximate surface area is 180 Å². The summed E-state index contributed by atoms with van der Waals surface area (Å²) in [7, 11) is 1.50. The van der Waals surface area contributed by atoms with Crippen molar-refractivity contribution < 1.29 is 13.9 Å². The van der Waals surface area contributed by atoms with Crippen molar-refractivity contribution in [3.63, 3.8) is 0 Å². The van der Waals surface area contributed by atoms with Gasteiger partial charge in [-0.3, -0.25) is 9.48 Å². The average molecular weight is 424 g/mol. The number of hydrogen-bond donors (Lipinski definition) is 0. The molecule has 1 amide bonds. The van der Waals surface area contributed by atoms with Crippen molar-refractivity contribution in [1.29, 1.82) is 0 Å². The Bertz CT molecular complexity index is 1070. The lowest BCUT2D eigenvalue weighted by molar-refractivity contribution is -0.132. The topological polar surface area (TPSA) is 76.4 Å². The number of benzene rings is 1. The molecule has 31 heavy (non-hydrogen) atoms. The molecule has 0 aliphatic carbocycles. The maximum absolute atomic E-state index is 14.0. The van der Waals surface area contributed by atoms with Gasteiger partial charge in [-0.05, 0) is 38.1 Å². The van der Waals surface area contributed by atoms with E-state index in [0.29, 0.717) is 37.3 Å². The summed E-state index contributed by atoms with van der Waals surface area (Å²) in [5.74, 6) is -0.276. The summed E-state index contributed by atoms with van der Waals surface area (Å²) < 4.78 is 20.8. The summed E-state index contributed by atoms with van der Waals surface area (Å²) in [6.45, 7) is 6.59. The maximum Gasteiger partial charge on any atom is 0.316 e. The van der Waals surface area contributed by atoms with Gasteiger partial charge in [0.05, 0.1) is 12.8 Å². The van der Waals surface area contributed by atoms with Gasteiger partial charge in [-0.15, -0.1) is 0 Å². The molecule has 1 aliphatic heterocycles. The lowest BCUT2D eigenvalue weighted by Gasteiger charge is -2.37. The molecule has 8 nitrogen and oxygen atoms in total. The van der Waals surface area contributed by atoms with Gasteiger partial charge >= 0.3 is 6.01 Å². The fourth-order valence-electron chi connectivity index (χ4n) is 3.84. The lowest BCUT2D eigenvalue weighted by atomic mass is 10.0. The molecule has 1 saturated heterocycles. The minimum absolute atomic E-state index is 0.0498. The monoisotopic (exact) mass is 424 g/mol. The largest absolute Gasteiger partial charge is 0.467 e. The SMILES string of the molecule is COc1ncc(-c2cc(F)ccc2N2CCN(C(=O)Cn3nc(C)cc3C)CC2)cn1. The molecule has 0 radical (unpaired) electrons. The Morgan fingerprint density at radius 3 is 2.42 bits per heavy atom. The van der Waals surface area contributed by atoms with Crippen molar-refractivity contribution in [2.45, 2.75) is 20.4 Å². The quantitative estimate of drug-likeness (QED) is 0.626. The number of carbonyl (C=O) groups excluding carboxylic acids is 1. The smallest absolute Gasteiger partial charge is 0.316 e. The number of anilines is 1. The van der Waals surface area contributed by atoms with E-state index in [1.807, 2.05) is 24.8 Å². The highest BCUT2D eigenvalue weighted by molar-refractivity contribution is 5.79. The van der Waals surface area contributed by atoms with Gasteiger partial charge in [-0.25, -0.2) is 14.4 Å². The molecule has 9 heteroatoms. The zero-order valence-electron chi connectivity index (χ0n) is 17.9. The molecular weight excluding hydrogens is 399 g/mol. The van der Waals surface area contributed by atoms with Crippen molar-refractivity contribution in [1.82, 2.24) is 24.6 Å². The summed E-state index contributed by atoms with van der Waals surface area (Å²) in [5.41, 5.74) is 4.19. The molecule has 1 fully saturated rings. The molecule has 0 saturated carbocycles. The van der Waals surface area contributed by atoms with Crippen LogP contribution >= 0.6 is 0 Å². The summed E-state index contributed by atoms with van der Waals surface area (Å²) in [6.07, 6.45) is 3.25. The summed E-state index contributed by atoms with van der Waals surface area (Å²) in [4.78, 5) is 25.0. The van der Waals surface area contributed by atoms with Crippen LogP contribution in [0.25, 0.3) is 11.1 Å². The molecule has 0 atom stereocenters. The van der Waals surface area contributed by atoms with E-state index in [1.165, 1.54) is 19.2 Å². The van der Waals surface area contributed by atoms with Crippen LogP contribution in [0.2, 0.25) is 0 Å². The third kappa shape index (κ3) is 4.50. The van der Waals surface area contributed by atoms with E-state index in [0.717, 1.165) is 17.1 Å². The molecule has 0 unspecified atom stereocenters. The van der Waals surface area contributed by atoms with Gasteiger partial charge in [-0.1, -0.05) is 0 Å². The predicted molar refractivity (Wildman–Crippen MR) is 114 cm³/mol. The Balaban J connectivity index is 1.47. The zero-order chi connectivity index (χ0) is 22.0. The number of nitrogens with zero attached hydrogens (tertiary/aromatic N) is 6. The highest BCUT2D eigenvalue weighted by atomic mass is 19.1. The molecular formula is C22H25FN6O2. The van der Waals surface area contributed by atoms with Crippen LogP contribution in [0.3, 0.4) is 0 Å². The Morgan fingerprint density at radius 2 is 1.81 bits per heavy atom. The van der Waals surface area contributed by atoms with Gasteiger partial charge in [0.2, 0.25) is 5.91 Å². The minimum Gasteiger partial charge on any atom is -0.467 e. The second kappa shape index (κ2) is 8.71. The van der Waals surface area contributed by atoms with E-state index < -0.39 is 0 Å². The summed E-state index contributed by atoms with van der Waals surface area (Å²) in [5, 5.41) is 4.38. The number of methoxy groups -OCH3 is 1. The van der Waals surface area contributed by atoms with E-state index in [4.69, 9.17) is 4.74 Å². The van der Waals surface area contributed by atoms with Gasteiger partial charge in [0, 0.05) is 61.1 Å². The molecule has 1 aromatic carbocycles. The summed E-state index contributed by atoms with van der Waals surface area (Å²) >= 11 is 0. The fraction of sp³-hybridized carbons (Fsp3) is 0.364. The fourth-order valence-corrected chi connectivity index (χ4v) is 3.84. The number of amides is 1. The molecule has 1 aliphatic rings. The van der Waals surface area contributed by atoms with Crippen molar-refractivity contribution in [3.8, 4) is 17.1 Å². The second-order valence-corrected chi connectivity index (χ2v) is 7.57. The normalized spacial score (nSPS) is 14.1. The summed E-state index contributed by atoms with van der Waals surface area (Å²) in [6, 6.07) is 6.92. The first kappa shape index (κ1) is 20.8. The van der Waals surface area contributed by atoms with E-state index in [9.17, 15) is 9.18 Å². The van der Waals surface area contributed by atoms with Gasteiger partial charge < -0.3 is 14.5 Å². The first-order valence-electron chi connectivity index (χ1n) is 10.1. The third-order valence-electron chi connectivity index (χ3n) is 5.44. The van der Waals surface area contributed by atoms with Crippen LogP contribution in [-0.2, 0) is 11.3 Å². The highest BCUT2D eigenvalue weighted by Gasteiger charge is 2.24. The van der Waals surface area contributed by atoms with Crippen LogP contribution in [0.15, 0.2) is 36.7 Å². The van der Waals surface area contributed by atoms with Gasteiger partial charge in [0.25, 0.3) is 0 Å². The number of halogens is 1. The van der Waals surface area contributed by atoms with Crippen molar-refractivity contribution in [2.75, 3.05) is 38.2 Å². The van der Waals surface area contributed by atoms with E-state index in [1.54, 1.807) is 23.1 Å². The second-order valence-electron chi connectivity index (χ2n) is 7.57. The minimum atomic E-state index is -0.326. The van der Waals surface area contributed by atoms with Crippen LogP contribution in [0.5, 0.6) is 6.01 Å². The van der Waals surface area contributed by atoms with Gasteiger partial charge in [0.15, 0.2) is 0 Å². The number of aryl methyl sites for hydroxylation is 2. The molecule has 0 N–H and O–H groups in total. The first-order valence-corrected chi connectivity index (χ1v) is 10.1. The Kier molecular flexibility index (Phi) is 5.83. The first-order chi connectivity index (χ1) is 14.9. The lowest BCUT2D eigenvalue weighted by Crippen LogP contribution is -2.49. The number of piperazine rings is 1. The molecule has 0 spiro atoms. The average Bonchev–Trinajstić information content (AvgIpc) is 3.10. The predicted octanol–water partition coefficient (Wildman–Crippen LogP) is 2.45. The van der Waals surface area contributed by atoms with E-state index in [2.05, 4.69) is 20.0 Å². The molecule has 4 rings (SSSR count). The standard InChI is InChI=1S/C22H25FN6O2/c1-15-10-16(2)29(26-15)14-21(30)28-8-6-27(7-9-28)20-5-4-18(23)11-19(20)17-12-24-22(31-3)25-13-17/h4-5,10-13H,6-9,14H2,1-3H3. The Morgan fingerprint density at radius 1 is 1.10 bits per heavy atom. The van der Waals surface area contributed by atoms with Crippen LogP contribution in [0.1, 0.15) is 11.4 Å². The number of rotatable bonds is 5. The number of carbonyl (C=O) groups is 1. The molecule has 162 valence electrons. The molecule has 2 aromatic heterocycles. The van der Waals surface area contributed by atoms with E-state index >= 15 is 0 Å². The number of hydrogen-bond acceptors (Lipinski definition) is 6. The molecule has 3 heterocycles.